The second kappa shape index (κ2) is 9.11. The van der Waals surface area contributed by atoms with E-state index in [1.165, 1.54) is 0 Å². The van der Waals surface area contributed by atoms with E-state index in [9.17, 15) is 5.11 Å². The second-order valence-corrected chi connectivity index (χ2v) is 6.91. The highest BCUT2D eigenvalue weighted by Gasteiger charge is 2.22. The van der Waals surface area contributed by atoms with E-state index in [2.05, 4.69) is 14.9 Å². The maximum absolute atomic E-state index is 9.70. The molecule has 7 heteroatoms. The number of fused-ring (bicyclic) bond motifs is 1. The van der Waals surface area contributed by atoms with Gasteiger partial charge in [-0.2, -0.15) is 0 Å². The summed E-state index contributed by atoms with van der Waals surface area (Å²) in [4.78, 5) is 28.9. The van der Waals surface area contributed by atoms with Gasteiger partial charge in [-0.1, -0.05) is 13.8 Å². The fourth-order valence-corrected chi connectivity index (χ4v) is 3.61. The van der Waals surface area contributed by atoms with Crippen LogP contribution in [0.4, 0.5) is 5.82 Å². The first kappa shape index (κ1) is 18.8. The van der Waals surface area contributed by atoms with E-state index < -0.39 is 8.38 Å². The van der Waals surface area contributed by atoms with Gasteiger partial charge in [-0.25, -0.2) is 9.97 Å². The highest BCUT2D eigenvalue weighted by Crippen LogP contribution is 2.32. The van der Waals surface area contributed by atoms with E-state index in [-0.39, 0.29) is 5.75 Å². The fourth-order valence-electron chi connectivity index (χ4n) is 3.01. The second-order valence-electron chi connectivity index (χ2n) is 5.71. The summed E-state index contributed by atoms with van der Waals surface area (Å²) < 4.78 is 0. The molecule has 1 aliphatic rings. The molecule has 3 rings (SSSR count). The van der Waals surface area contributed by atoms with E-state index in [0.29, 0.717) is 12.1 Å². The molecule has 0 unspecified atom stereocenters. The quantitative estimate of drug-likeness (QED) is 0.733. The lowest BCUT2D eigenvalue weighted by molar-refractivity contribution is 0.386. The first-order valence-electron chi connectivity index (χ1n) is 8.47. The number of benzene rings is 1. The molecule has 2 heterocycles. The molecule has 0 saturated carbocycles. The number of hydrogen-bond acceptors (Lipinski definition) is 6. The molecule has 2 aromatic rings. The van der Waals surface area contributed by atoms with Crippen molar-refractivity contribution in [1.29, 1.82) is 0 Å². The normalized spacial score (nSPS) is 15.5. The van der Waals surface area contributed by atoms with Gasteiger partial charge in [0.15, 0.2) is 8.38 Å². The van der Waals surface area contributed by atoms with Crippen LogP contribution in [0.2, 0.25) is 0 Å². The molecule has 24 heavy (non-hydrogen) atoms. The summed E-state index contributed by atoms with van der Waals surface area (Å²) in [6.07, 6.45) is 4.98. The summed E-state index contributed by atoms with van der Waals surface area (Å²) >= 11 is 0. The van der Waals surface area contributed by atoms with Crippen molar-refractivity contribution in [2.24, 2.45) is 5.92 Å². The van der Waals surface area contributed by atoms with Gasteiger partial charge in [0.1, 0.15) is 17.9 Å². The maximum atomic E-state index is 9.70. The van der Waals surface area contributed by atoms with Gasteiger partial charge in [-0.3, -0.25) is 0 Å². The van der Waals surface area contributed by atoms with Gasteiger partial charge in [0.2, 0.25) is 0 Å². The maximum Gasteiger partial charge on any atom is 0.164 e. The minimum Gasteiger partial charge on any atom is -0.508 e. The molecule has 0 radical (unpaired) electrons. The predicted molar refractivity (Wildman–Crippen MR) is 98.3 cm³/mol. The summed E-state index contributed by atoms with van der Waals surface area (Å²) in [5.74, 6) is 1.63. The SMILES string of the molecule is CC.Oc1ccc2ncnc(N3CCC(CCP(O)O)CC3)c2c1. The zero-order valence-corrected chi connectivity index (χ0v) is 15.2. The van der Waals surface area contributed by atoms with Gasteiger partial charge in [0.05, 0.1) is 5.52 Å². The van der Waals surface area contributed by atoms with Crippen LogP contribution in [0, 0.1) is 5.92 Å². The number of phenolic OH excluding ortho intramolecular Hbond substituents is 1. The molecule has 0 atom stereocenters. The number of aromatic nitrogens is 2. The molecule has 1 aromatic heterocycles. The molecule has 132 valence electrons. The van der Waals surface area contributed by atoms with Gasteiger partial charge in [-0.15, -0.1) is 0 Å². The summed E-state index contributed by atoms with van der Waals surface area (Å²) in [5.41, 5.74) is 0.830. The van der Waals surface area contributed by atoms with Crippen molar-refractivity contribution in [2.75, 3.05) is 24.2 Å². The Bertz CT molecular complexity index is 646. The molecule has 0 aliphatic carbocycles. The van der Waals surface area contributed by atoms with Crippen LogP contribution in [0.15, 0.2) is 24.5 Å². The lowest BCUT2D eigenvalue weighted by Crippen LogP contribution is -2.34. The Morgan fingerprint density at radius 1 is 1.17 bits per heavy atom. The Hall–Kier alpha value is -1.49. The molecule has 1 saturated heterocycles. The Morgan fingerprint density at radius 2 is 1.88 bits per heavy atom. The van der Waals surface area contributed by atoms with Crippen molar-refractivity contribution in [1.82, 2.24) is 9.97 Å². The Kier molecular flexibility index (Phi) is 7.16. The van der Waals surface area contributed by atoms with Crippen LogP contribution in [0.5, 0.6) is 5.75 Å². The lowest BCUT2D eigenvalue weighted by Gasteiger charge is -2.33. The van der Waals surface area contributed by atoms with Gasteiger partial charge in [0.25, 0.3) is 0 Å². The summed E-state index contributed by atoms with van der Waals surface area (Å²) in [6, 6.07) is 5.14. The van der Waals surface area contributed by atoms with E-state index in [1.54, 1.807) is 24.5 Å². The zero-order chi connectivity index (χ0) is 17.5. The molecule has 3 N–H and O–H groups in total. The van der Waals surface area contributed by atoms with Crippen LogP contribution in [0.25, 0.3) is 10.9 Å². The van der Waals surface area contributed by atoms with Gasteiger partial charge >= 0.3 is 0 Å². The lowest BCUT2D eigenvalue weighted by atomic mass is 9.94. The zero-order valence-electron chi connectivity index (χ0n) is 14.3. The van der Waals surface area contributed by atoms with Crippen LogP contribution in [-0.4, -0.2) is 44.1 Å². The predicted octanol–water partition coefficient (Wildman–Crippen LogP) is 3.26. The van der Waals surface area contributed by atoms with Crippen molar-refractivity contribution in [3.05, 3.63) is 24.5 Å². The molecular weight excluding hydrogens is 325 g/mol. The van der Waals surface area contributed by atoms with Crippen molar-refractivity contribution < 1.29 is 14.9 Å². The monoisotopic (exact) mass is 351 g/mol. The highest BCUT2D eigenvalue weighted by molar-refractivity contribution is 7.45. The Balaban J connectivity index is 0.00000100. The van der Waals surface area contributed by atoms with Gasteiger partial charge in [0, 0.05) is 24.6 Å². The number of phenols is 1. The van der Waals surface area contributed by atoms with Crippen molar-refractivity contribution in [3.8, 4) is 5.75 Å². The van der Waals surface area contributed by atoms with Crippen molar-refractivity contribution in [3.63, 3.8) is 0 Å². The first-order chi connectivity index (χ1) is 11.6. The largest absolute Gasteiger partial charge is 0.508 e. The Morgan fingerprint density at radius 3 is 2.54 bits per heavy atom. The van der Waals surface area contributed by atoms with E-state index in [1.807, 2.05) is 13.8 Å². The molecule has 1 aliphatic heterocycles. The summed E-state index contributed by atoms with van der Waals surface area (Å²) in [5, 5.41) is 10.6. The average Bonchev–Trinajstić information content (AvgIpc) is 2.61. The molecule has 0 spiro atoms. The van der Waals surface area contributed by atoms with Crippen molar-refractivity contribution >= 4 is 25.1 Å². The summed E-state index contributed by atoms with van der Waals surface area (Å²) in [7, 11) is -1.77. The fraction of sp³-hybridized carbons (Fsp3) is 0.529. The minimum absolute atomic E-state index is 0.220. The number of nitrogens with zero attached hydrogens (tertiary/aromatic N) is 3. The standard InChI is InChI=1S/C15H20N3O3P.C2H6/c19-12-1-2-14-13(9-12)15(17-10-16-14)18-6-3-11(4-7-18)5-8-22(20)21;1-2/h1-2,9-11,19-21H,3-8H2;1-2H3. The minimum atomic E-state index is -1.77. The molecule has 1 aromatic carbocycles. The molecule has 0 bridgehead atoms. The van der Waals surface area contributed by atoms with Gasteiger partial charge in [-0.05, 0) is 43.4 Å². The van der Waals surface area contributed by atoms with Crippen LogP contribution >= 0.6 is 8.38 Å². The van der Waals surface area contributed by atoms with Gasteiger partial charge < -0.3 is 19.8 Å². The number of anilines is 1. The van der Waals surface area contributed by atoms with Crippen LogP contribution in [0.1, 0.15) is 33.1 Å². The topological polar surface area (TPSA) is 89.7 Å². The smallest absolute Gasteiger partial charge is 0.164 e. The number of aromatic hydroxyl groups is 1. The van der Waals surface area contributed by atoms with Crippen LogP contribution < -0.4 is 4.90 Å². The summed E-state index contributed by atoms with van der Waals surface area (Å²) in [6.45, 7) is 5.78. The molecule has 1 fully saturated rings. The number of rotatable bonds is 4. The van der Waals surface area contributed by atoms with E-state index in [4.69, 9.17) is 9.79 Å². The molecule has 0 amide bonds. The van der Waals surface area contributed by atoms with E-state index in [0.717, 1.165) is 49.1 Å². The third-order valence-corrected chi connectivity index (χ3v) is 4.91. The number of hydrogen-bond donors (Lipinski definition) is 3. The van der Waals surface area contributed by atoms with Crippen LogP contribution in [-0.2, 0) is 0 Å². The van der Waals surface area contributed by atoms with Crippen LogP contribution in [0.3, 0.4) is 0 Å². The highest BCUT2D eigenvalue weighted by atomic mass is 31.2. The first-order valence-corrected chi connectivity index (χ1v) is 9.90. The third-order valence-electron chi connectivity index (χ3n) is 4.25. The van der Waals surface area contributed by atoms with E-state index >= 15 is 0 Å². The van der Waals surface area contributed by atoms with Crippen molar-refractivity contribution in [2.45, 2.75) is 33.1 Å². The average molecular weight is 351 g/mol. The molecular formula is C17H26N3O3P. The number of piperidine rings is 1. The third kappa shape index (κ3) is 4.76. The molecule has 6 nitrogen and oxygen atoms in total. The Labute approximate surface area is 144 Å².